The van der Waals surface area contributed by atoms with Gasteiger partial charge in [0.1, 0.15) is 18.0 Å². The Labute approximate surface area is 151 Å². The van der Waals surface area contributed by atoms with E-state index in [-0.39, 0.29) is 5.69 Å². The second-order valence-electron chi connectivity index (χ2n) is 5.80. The van der Waals surface area contributed by atoms with E-state index in [1.807, 2.05) is 6.07 Å². The molecule has 1 amide bonds. The third-order valence-corrected chi connectivity index (χ3v) is 4.03. The Balaban J connectivity index is 1.69. The van der Waals surface area contributed by atoms with Crippen molar-refractivity contribution in [2.24, 2.45) is 0 Å². The van der Waals surface area contributed by atoms with Gasteiger partial charge in [-0.3, -0.25) is 9.89 Å². The minimum atomic E-state index is -0.560. The molecule has 4 rings (SSSR count). The number of carbonyl (C=O) groups excluding carboxylic acids is 1. The molecule has 0 spiro atoms. The molecule has 3 heterocycles. The fourth-order valence-corrected chi connectivity index (χ4v) is 2.75. The average molecular weight is 360 g/mol. The lowest BCUT2D eigenvalue weighted by atomic mass is 10.1. The van der Waals surface area contributed by atoms with Gasteiger partial charge >= 0.3 is 5.76 Å². The van der Waals surface area contributed by atoms with Crippen LogP contribution in [-0.2, 0) is 0 Å². The molecule has 9 nitrogen and oxygen atoms in total. The number of carbonyl (C=O) groups is 1. The lowest BCUT2D eigenvalue weighted by Gasteiger charge is -2.07. The Bertz CT molecular complexity index is 1270. The number of benzene rings is 1. The summed E-state index contributed by atoms with van der Waals surface area (Å²) in [6.45, 7) is 1.71. The van der Waals surface area contributed by atoms with Crippen LogP contribution in [0.25, 0.3) is 16.7 Å². The number of oxazole rings is 1. The summed E-state index contributed by atoms with van der Waals surface area (Å²) in [5.41, 5.74) is 2.43. The van der Waals surface area contributed by atoms with Crippen molar-refractivity contribution in [3.05, 3.63) is 70.3 Å². The number of hydrogen-bond donors (Lipinski definition) is 2. The molecule has 0 fully saturated rings. The highest BCUT2D eigenvalue weighted by atomic mass is 16.4. The van der Waals surface area contributed by atoms with Crippen LogP contribution in [0.2, 0.25) is 0 Å². The largest absolute Gasteiger partial charge is 0.424 e. The second-order valence-corrected chi connectivity index (χ2v) is 5.80. The number of nitriles is 1. The number of amides is 1. The number of pyridine rings is 1. The van der Waals surface area contributed by atoms with Gasteiger partial charge in [-0.25, -0.2) is 14.3 Å². The molecule has 2 N–H and O–H groups in total. The van der Waals surface area contributed by atoms with Crippen LogP contribution in [0.15, 0.2) is 52.1 Å². The zero-order valence-corrected chi connectivity index (χ0v) is 14.1. The normalized spacial score (nSPS) is 10.7. The Morgan fingerprint density at radius 2 is 2.22 bits per heavy atom. The first kappa shape index (κ1) is 16.3. The van der Waals surface area contributed by atoms with E-state index < -0.39 is 11.7 Å². The van der Waals surface area contributed by atoms with Crippen molar-refractivity contribution in [1.29, 1.82) is 5.26 Å². The van der Waals surface area contributed by atoms with Gasteiger partial charge in [-0.2, -0.15) is 10.4 Å². The van der Waals surface area contributed by atoms with Crippen LogP contribution in [0, 0.1) is 18.3 Å². The van der Waals surface area contributed by atoms with E-state index in [2.05, 4.69) is 20.5 Å². The van der Waals surface area contributed by atoms with Crippen molar-refractivity contribution in [3.63, 3.8) is 0 Å². The van der Waals surface area contributed by atoms with Crippen molar-refractivity contribution >= 4 is 22.5 Å². The Kier molecular flexibility index (Phi) is 3.78. The maximum Gasteiger partial charge on any atom is 0.424 e. The molecular formula is C18H12N6O3. The Morgan fingerprint density at radius 1 is 1.37 bits per heavy atom. The quantitative estimate of drug-likeness (QED) is 0.576. The summed E-state index contributed by atoms with van der Waals surface area (Å²) in [5, 5.41) is 19.3. The fourth-order valence-electron chi connectivity index (χ4n) is 2.75. The standard InChI is InChI=1S/C18H12N6O3/c1-10-6-11(8-19)9-20-15(10)17(25)21-12-2-3-14-13(7-12)16(23-22-14)24-4-5-27-18(24)26/h2-7,9H,1H3,(H,21,25)(H,22,23). The van der Waals surface area contributed by atoms with Gasteiger partial charge in [0.25, 0.3) is 5.91 Å². The Morgan fingerprint density at radius 3 is 2.93 bits per heavy atom. The zero-order chi connectivity index (χ0) is 19.0. The lowest BCUT2D eigenvalue weighted by Crippen LogP contribution is -2.15. The average Bonchev–Trinajstić information content (AvgIpc) is 3.26. The highest BCUT2D eigenvalue weighted by molar-refractivity contribution is 6.05. The van der Waals surface area contributed by atoms with E-state index in [0.717, 1.165) is 0 Å². The molecule has 0 aliphatic carbocycles. The SMILES string of the molecule is Cc1cc(C#N)cnc1C(=O)Nc1ccc2[nH]nc(-n3ccoc3=O)c2c1. The van der Waals surface area contributed by atoms with Gasteiger partial charge in [-0.1, -0.05) is 0 Å². The molecule has 0 bridgehead atoms. The van der Waals surface area contributed by atoms with Gasteiger partial charge < -0.3 is 9.73 Å². The fraction of sp³-hybridized carbons (Fsp3) is 0.0556. The third-order valence-electron chi connectivity index (χ3n) is 4.03. The van der Waals surface area contributed by atoms with Crippen LogP contribution in [0.5, 0.6) is 0 Å². The molecule has 0 radical (unpaired) electrons. The Hall–Kier alpha value is -4.19. The smallest absolute Gasteiger partial charge is 0.416 e. The summed E-state index contributed by atoms with van der Waals surface area (Å²) in [6.07, 6.45) is 4.09. The first-order valence-corrected chi connectivity index (χ1v) is 7.89. The molecule has 9 heteroatoms. The van der Waals surface area contributed by atoms with E-state index in [1.54, 1.807) is 31.2 Å². The van der Waals surface area contributed by atoms with Crippen molar-refractivity contribution in [2.45, 2.75) is 6.92 Å². The summed E-state index contributed by atoms with van der Waals surface area (Å²) in [6, 6.07) is 8.73. The number of nitrogens with zero attached hydrogens (tertiary/aromatic N) is 4. The van der Waals surface area contributed by atoms with Crippen LogP contribution in [-0.4, -0.2) is 25.7 Å². The predicted octanol–water partition coefficient (Wildman–Crippen LogP) is 2.13. The zero-order valence-electron chi connectivity index (χ0n) is 14.1. The van der Waals surface area contributed by atoms with Gasteiger partial charge in [-0.05, 0) is 36.8 Å². The van der Waals surface area contributed by atoms with Gasteiger partial charge in [-0.15, -0.1) is 0 Å². The molecule has 3 aromatic heterocycles. The molecule has 0 unspecified atom stereocenters. The predicted molar refractivity (Wildman–Crippen MR) is 95.6 cm³/mol. The highest BCUT2D eigenvalue weighted by Gasteiger charge is 2.15. The van der Waals surface area contributed by atoms with Crippen LogP contribution >= 0.6 is 0 Å². The third kappa shape index (κ3) is 2.85. The molecule has 0 aliphatic rings. The number of fused-ring (bicyclic) bond motifs is 1. The number of rotatable bonds is 3. The van der Waals surface area contributed by atoms with Crippen LogP contribution in [0.1, 0.15) is 21.6 Å². The molecule has 132 valence electrons. The number of nitrogens with one attached hydrogen (secondary N) is 2. The van der Waals surface area contributed by atoms with E-state index in [0.29, 0.717) is 33.5 Å². The van der Waals surface area contributed by atoms with E-state index >= 15 is 0 Å². The van der Waals surface area contributed by atoms with E-state index in [9.17, 15) is 9.59 Å². The molecule has 0 aliphatic heterocycles. The topological polar surface area (TPSA) is 130 Å². The molecule has 27 heavy (non-hydrogen) atoms. The van der Waals surface area contributed by atoms with Gasteiger partial charge in [0.2, 0.25) is 0 Å². The van der Waals surface area contributed by atoms with Crippen LogP contribution in [0.4, 0.5) is 5.69 Å². The molecule has 0 saturated heterocycles. The number of anilines is 1. The first-order valence-electron chi connectivity index (χ1n) is 7.89. The van der Waals surface area contributed by atoms with E-state index in [4.69, 9.17) is 9.68 Å². The minimum absolute atomic E-state index is 0.229. The molecule has 0 atom stereocenters. The summed E-state index contributed by atoms with van der Waals surface area (Å²) in [7, 11) is 0. The van der Waals surface area contributed by atoms with Crippen molar-refractivity contribution in [2.75, 3.05) is 5.32 Å². The maximum atomic E-state index is 12.5. The summed E-state index contributed by atoms with van der Waals surface area (Å²) in [4.78, 5) is 28.3. The monoisotopic (exact) mass is 360 g/mol. The number of aryl methyl sites for hydroxylation is 1. The van der Waals surface area contributed by atoms with Crippen LogP contribution in [0.3, 0.4) is 0 Å². The first-order chi connectivity index (χ1) is 13.1. The maximum absolute atomic E-state index is 12.5. The minimum Gasteiger partial charge on any atom is -0.416 e. The van der Waals surface area contributed by atoms with Crippen molar-refractivity contribution in [1.82, 2.24) is 19.7 Å². The molecule has 1 aromatic carbocycles. The van der Waals surface area contributed by atoms with Gasteiger partial charge in [0.15, 0.2) is 5.82 Å². The second kappa shape index (κ2) is 6.27. The van der Waals surface area contributed by atoms with Gasteiger partial charge in [0.05, 0.1) is 17.3 Å². The van der Waals surface area contributed by atoms with Crippen molar-refractivity contribution in [3.8, 4) is 11.9 Å². The number of aromatic nitrogens is 4. The number of H-pyrrole nitrogens is 1. The summed E-state index contributed by atoms with van der Waals surface area (Å²) in [5.74, 6) is -0.593. The van der Waals surface area contributed by atoms with Crippen LogP contribution < -0.4 is 11.1 Å². The molecule has 0 saturated carbocycles. The number of aromatic amines is 1. The highest BCUT2D eigenvalue weighted by Crippen LogP contribution is 2.23. The van der Waals surface area contributed by atoms with Gasteiger partial charge in [0, 0.05) is 17.3 Å². The summed E-state index contributed by atoms with van der Waals surface area (Å²) >= 11 is 0. The molecule has 4 aromatic rings. The number of hydrogen-bond acceptors (Lipinski definition) is 6. The van der Waals surface area contributed by atoms with E-state index in [1.165, 1.54) is 23.2 Å². The lowest BCUT2D eigenvalue weighted by molar-refractivity contribution is 0.102. The summed E-state index contributed by atoms with van der Waals surface area (Å²) < 4.78 is 6.04. The van der Waals surface area contributed by atoms with Crippen molar-refractivity contribution < 1.29 is 9.21 Å². The molecular weight excluding hydrogens is 348 g/mol.